The summed E-state index contributed by atoms with van der Waals surface area (Å²) in [5.41, 5.74) is 1.49. The van der Waals surface area contributed by atoms with Crippen molar-refractivity contribution in [2.75, 3.05) is 12.3 Å². The molecule has 1 amide bonds. The van der Waals surface area contributed by atoms with Gasteiger partial charge in [0.05, 0.1) is 10.6 Å². The van der Waals surface area contributed by atoms with Crippen molar-refractivity contribution in [3.63, 3.8) is 0 Å². The molecule has 0 saturated carbocycles. The largest absolute Gasteiger partial charge is 0.288 e. The maximum atomic E-state index is 12.9. The van der Waals surface area contributed by atoms with Gasteiger partial charge in [0.1, 0.15) is 5.02 Å². The Morgan fingerprint density at radius 3 is 2.70 bits per heavy atom. The minimum Gasteiger partial charge on any atom is -0.287 e. The molecule has 2 aromatic rings. The van der Waals surface area contributed by atoms with Crippen LogP contribution in [-0.4, -0.2) is 33.2 Å². The van der Waals surface area contributed by atoms with E-state index in [4.69, 9.17) is 23.2 Å². The number of thioether (sulfide) groups is 1. The summed E-state index contributed by atoms with van der Waals surface area (Å²) in [6.07, 6.45) is 0.805. The van der Waals surface area contributed by atoms with Gasteiger partial charge in [-0.2, -0.15) is 0 Å². The predicted octanol–water partition coefficient (Wildman–Crippen LogP) is 5.48. The van der Waals surface area contributed by atoms with Crippen LogP contribution in [0.3, 0.4) is 0 Å². The normalized spacial score (nSPS) is 15.8. The van der Waals surface area contributed by atoms with Gasteiger partial charge in [-0.05, 0) is 43.2 Å². The van der Waals surface area contributed by atoms with Crippen LogP contribution >= 0.6 is 35.0 Å². The van der Waals surface area contributed by atoms with Crippen molar-refractivity contribution in [1.29, 1.82) is 0 Å². The molecular weight excluding hydrogens is 409 g/mol. The number of hydrogen-bond acceptors (Lipinski definition) is 5. The van der Waals surface area contributed by atoms with E-state index in [1.807, 2.05) is 19.1 Å². The Labute approximate surface area is 170 Å². The molecule has 0 atom stereocenters. The van der Waals surface area contributed by atoms with Crippen molar-refractivity contribution in [2.45, 2.75) is 13.3 Å². The van der Waals surface area contributed by atoms with Crippen LogP contribution in [0.2, 0.25) is 10.0 Å². The molecule has 0 radical (unpaired) electrons. The summed E-state index contributed by atoms with van der Waals surface area (Å²) in [5, 5.41) is 12.2. The molecule has 0 N–H and O–H groups in total. The van der Waals surface area contributed by atoms with Crippen LogP contribution in [0, 0.1) is 17.0 Å². The molecule has 140 valence electrons. The first-order chi connectivity index (χ1) is 12.9. The van der Waals surface area contributed by atoms with Crippen LogP contribution in [0.25, 0.3) is 0 Å². The zero-order valence-electron chi connectivity index (χ0n) is 14.3. The quantitative estimate of drug-likeness (QED) is 0.483. The van der Waals surface area contributed by atoms with Crippen LogP contribution in [0.5, 0.6) is 0 Å². The minimum atomic E-state index is -0.604. The van der Waals surface area contributed by atoms with E-state index in [1.165, 1.54) is 34.9 Å². The summed E-state index contributed by atoms with van der Waals surface area (Å²) in [5.74, 6) is 0.488. The van der Waals surface area contributed by atoms with E-state index in [2.05, 4.69) is 4.99 Å². The fraction of sp³-hybridized carbons (Fsp3) is 0.222. The molecule has 1 aliphatic heterocycles. The zero-order chi connectivity index (χ0) is 19.6. The number of rotatable bonds is 3. The number of hydrogen-bond donors (Lipinski definition) is 0. The smallest absolute Gasteiger partial charge is 0.287 e. The number of amidine groups is 1. The monoisotopic (exact) mass is 423 g/mol. The van der Waals surface area contributed by atoms with Crippen LogP contribution in [-0.2, 0) is 0 Å². The topological polar surface area (TPSA) is 75.8 Å². The molecule has 9 heteroatoms. The third-order valence-corrected chi connectivity index (χ3v) is 5.79. The second kappa shape index (κ2) is 8.29. The highest BCUT2D eigenvalue weighted by Gasteiger charge is 2.26. The van der Waals surface area contributed by atoms with Gasteiger partial charge in [0, 0.05) is 29.0 Å². The van der Waals surface area contributed by atoms with Crippen molar-refractivity contribution < 1.29 is 9.72 Å². The van der Waals surface area contributed by atoms with Gasteiger partial charge in [-0.3, -0.25) is 19.8 Å². The van der Waals surface area contributed by atoms with Crippen LogP contribution < -0.4 is 0 Å². The summed E-state index contributed by atoms with van der Waals surface area (Å²) in [6, 6.07) is 9.49. The van der Waals surface area contributed by atoms with Gasteiger partial charge in [0.2, 0.25) is 0 Å². The van der Waals surface area contributed by atoms with Crippen LogP contribution in [0.1, 0.15) is 22.3 Å². The number of halogens is 2. The molecule has 0 spiro atoms. The lowest BCUT2D eigenvalue weighted by molar-refractivity contribution is -0.384. The fourth-order valence-corrected chi connectivity index (χ4v) is 3.86. The summed E-state index contributed by atoms with van der Waals surface area (Å²) in [4.78, 5) is 29.5. The summed E-state index contributed by atoms with van der Waals surface area (Å²) in [7, 11) is 0. The second-order valence-corrected chi connectivity index (χ2v) is 7.79. The number of aryl methyl sites for hydroxylation is 1. The number of nitro groups is 1. The molecule has 1 heterocycles. The molecule has 1 fully saturated rings. The first kappa shape index (κ1) is 19.7. The average Bonchev–Trinajstić information content (AvgIpc) is 2.65. The summed E-state index contributed by atoms with van der Waals surface area (Å²) < 4.78 is 0. The molecule has 6 nitrogen and oxygen atoms in total. The van der Waals surface area contributed by atoms with E-state index in [9.17, 15) is 14.9 Å². The van der Waals surface area contributed by atoms with Gasteiger partial charge < -0.3 is 0 Å². The Morgan fingerprint density at radius 2 is 2.00 bits per heavy atom. The van der Waals surface area contributed by atoms with Crippen LogP contribution in [0.15, 0.2) is 41.4 Å². The van der Waals surface area contributed by atoms with Gasteiger partial charge in [0.25, 0.3) is 11.6 Å². The molecule has 0 unspecified atom stereocenters. The molecular formula is C18H15Cl2N3O3S. The van der Waals surface area contributed by atoms with Gasteiger partial charge >= 0.3 is 0 Å². The number of carbonyl (C=O) groups is 1. The Morgan fingerprint density at radius 1 is 1.22 bits per heavy atom. The summed E-state index contributed by atoms with van der Waals surface area (Å²) >= 11 is 13.5. The highest BCUT2D eigenvalue weighted by atomic mass is 35.5. The fourth-order valence-electron chi connectivity index (χ4n) is 2.54. The highest BCUT2D eigenvalue weighted by molar-refractivity contribution is 8.13. The third kappa shape index (κ3) is 4.43. The molecule has 2 aromatic carbocycles. The highest BCUT2D eigenvalue weighted by Crippen LogP contribution is 2.29. The van der Waals surface area contributed by atoms with Crippen molar-refractivity contribution in [1.82, 2.24) is 4.90 Å². The van der Waals surface area contributed by atoms with E-state index in [-0.39, 0.29) is 22.2 Å². The number of aliphatic imine (C=N–C) groups is 1. The van der Waals surface area contributed by atoms with E-state index >= 15 is 0 Å². The van der Waals surface area contributed by atoms with Gasteiger partial charge in [-0.1, -0.05) is 41.0 Å². The number of carbonyl (C=O) groups excluding carboxylic acids is 1. The Kier molecular flexibility index (Phi) is 6.04. The Bertz CT molecular complexity index is 949. The first-order valence-corrected chi connectivity index (χ1v) is 9.84. The van der Waals surface area contributed by atoms with Gasteiger partial charge in [-0.15, -0.1) is 0 Å². The lowest BCUT2D eigenvalue weighted by Crippen LogP contribution is -2.39. The molecule has 1 saturated heterocycles. The number of nitrogens with zero attached hydrogens (tertiary/aromatic N) is 3. The minimum absolute atomic E-state index is 0.00671. The van der Waals surface area contributed by atoms with Gasteiger partial charge in [-0.25, -0.2) is 4.99 Å². The number of benzene rings is 2. The van der Waals surface area contributed by atoms with Crippen molar-refractivity contribution in [2.24, 2.45) is 4.99 Å². The third-order valence-electron chi connectivity index (χ3n) is 4.00. The van der Waals surface area contributed by atoms with E-state index in [0.717, 1.165) is 17.7 Å². The average molecular weight is 424 g/mol. The standard InChI is InChI=1S/C18H15Cl2N3O3S/c1-11-3-5-13(10-15(11)20)21-18-22(7-2-8-27-18)17(24)12-4-6-14(19)16(9-12)23(25)26/h3-6,9-10H,2,7-8H2,1H3. The van der Waals surface area contributed by atoms with Crippen molar-refractivity contribution in [3.05, 3.63) is 67.7 Å². The SMILES string of the molecule is Cc1ccc(N=C2SCCCN2C(=O)c2ccc(Cl)c([N+](=O)[O-])c2)cc1Cl. The maximum absolute atomic E-state index is 12.9. The lowest BCUT2D eigenvalue weighted by atomic mass is 10.1. The van der Waals surface area contributed by atoms with E-state index < -0.39 is 4.92 Å². The Balaban J connectivity index is 1.94. The number of amides is 1. The molecule has 3 rings (SSSR count). The molecule has 27 heavy (non-hydrogen) atoms. The molecule has 0 aromatic heterocycles. The summed E-state index contributed by atoms with van der Waals surface area (Å²) in [6.45, 7) is 2.39. The van der Waals surface area contributed by atoms with E-state index in [1.54, 1.807) is 6.07 Å². The molecule has 0 aliphatic carbocycles. The lowest BCUT2D eigenvalue weighted by Gasteiger charge is -2.27. The van der Waals surface area contributed by atoms with E-state index in [0.29, 0.717) is 22.4 Å². The van der Waals surface area contributed by atoms with Crippen LogP contribution in [0.4, 0.5) is 11.4 Å². The van der Waals surface area contributed by atoms with Crippen molar-refractivity contribution >= 4 is 57.4 Å². The Hall–Kier alpha value is -2.09. The number of nitro benzene ring substituents is 1. The maximum Gasteiger partial charge on any atom is 0.288 e. The molecule has 1 aliphatic rings. The van der Waals surface area contributed by atoms with Gasteiger partial charge in [0.15, 0.2) is 5.17 Å². The first-order valence-electron chi connectivity index (χ1n) is 8.10. The predicted molar refractivity (Wildman–Crippen MR) is 110 cm³/mol. The second-order valence-electron chi connectivity index (χ2n) is 5.91. The molecule has 0 bridgehead atoms. The van der Waals surface area contributed by atoms with Crippen molar-refractivity contribution in [3.8, 4) is 0 Å². The zero-order valence-corrected chi connectivity index (χ0v) is 16.6.